The number of amides is 1. The number of hydrogen-bond acceptors (Lipinski definition) is 1. The molecule has 2 heteroatoms. The molecule has 1 aromatic carbocycles. The Morgan fingerprint density at radius 2 is 2.00 bits per heavy atom. The van der Waals surface area contributed by atoms with Crippen molar-refractivity contribution in [3.63, 3.8) is 0 Å². The van der Waals surface area contributed by atoms with E-state index in [1.807, 2.05) is 0 Å². The summed E-state index contributed by atoms with van der Waals surface area (Å²) in [6.45, 7) is 6.52. The third-order valence-corrected chi connectivity index (χ3v) is 3.01. The average Bonchev–Trinajstić information content (AvgIpc) is 2.15. The summed E-state index contributed by atoms with van der Waals surface area (Å²) in [4.78, 5) is 11.2. The van der Waals surface area contributed by atoms with Crippen LogP contribution in [0.15, 0.2) is 12.1 Å². The highest BCUT2D eigenvalue weighted by Crippen LogP contribution is 2.29. The number of carbonyl (C=O) groups excluding carboxylic acids is 1. The quantitative estimate of drug-likeness (QED) is 0.747. The first-order valence-corrected chi connectivity index (χ1v) is 5.51. The molecule has 1 heterocycles. The van der Waals surface area contributed by atoms with Crippen LogP contribution in [0.2, 0.25) is 0 Å². The Morgan fingerprint density at radius 3 is 2.67 bits per heavy atom. The van der Waals surface area contributed by atoms with Crippen molar-refractivity contribution in [1.82, 2.24) is 0 Å². The zero-order valence-corrected chi connectivity index (χ0v) is 9.55. The molecule has 15 heavy (non-hydrogen) atoms. The van der Waals surface area contributed by atoms with E-state index in [1.165, 1.54) is 16.7 Å². The smallest absolute Gasteiger partial charge is 0.224 e. The minimum absolute atomic E-state index is 0.138. The molecule has 2 rings (SSSR count). The molecule has 0 saturated heterocycles. The minimum Gasteiger partial charge on any atom is -0.326 e. The number of carbonyl (C=O) groups is 1. The molecule has 0 unspecified atom stereocenters. The maximum atomic E-state index is 11.2. The van der Waals surface area contributed by atoms with Crippen molar-refractivity contribution in [2.75, 3.05) is 5.32 Å². The van der Waals surface area contributed by atoms with Gasteiger partial charge in [-0.3, -0.25) is 4.79 Å². The summed E-state index contributed by atoms with van der Waals surface area (Å²) < 4.78 is 0. The standard InChI is InChI=1S/C13H17NO/c1-8(2)11-7-10-4-5-13(15)14-12(10)6-9(11)3/h6-8H,4-5H2,1-3H3,(H,14,15). The highest BCUT2D eigenvalue weighted by atomic mass is 16.1. The number of nitrogens with one attached hydrogen (secondary N) is 1. The van der Waals surface area contributed by atoms with Crippen LogP contribution in [0.25, 0.3) is 0 Å². The van der Waals surface area contributed by atoms with E-state index in [2.05, 4.69) is 38.2 Å². The molecule has 0 radical (unpaired) electrons. The first-order valence-electron chi connectivity index (χ1n) is 5.51. The summed E-state index contributed by atoms with van der Waals surface area (Å²) in [5.41, 5.74) is 4.95. The highest BCUT2D eigenvalue weighted by Gasteiger charge is 2.16. The summed E-state index contributed by atoms with van der Waals surface area (Å²) in [5, 5.41) is 2.93. The van der Waals surface area contributed by atoms with Crippen molar-refractivity contribution in [1.29, 1.82) is 0 Å². The Labute approximate surface area is 90.7 Å². The zero-order chi connectivity index (χ0) is 11.0. The fourth-order valence-electron chi connectivity index (χ4n) is 2.18. The Balaban J connectivity index is 2.46. The second-order valence-corrected chi connectivity index (χ2v) is 4.57. The van der Waals surface area contributed by atoms with Crippen LogP contribution in [0.5, 0.6) is 0 Å². The Bertz CT molecular complexity index is 407. The lowest BCUT2D eigenvalue weighted by molar-refractivity contribution is -0.116. The van der Waals surface area contributed by atoms with Gasteiger partial charge in [0.1, 0.15) is 0 Å². The van der Waals surface area contributed by atoms with Gasteiger partial charge in [0, 0.05) is 12.1 Å². The van der Waals surface area contributed by atoms with Crippen molar-refractivity contribution >= 4 is 11.6 Å². The van der Waals surface area contributed by atoms with E-state index in [9.17, 15) is 4.79 Å². The van der Waals surface area contributed by atoms with E-state index in [1.54, 1.807) is 0 Å². The third kappa shape index (κ3) is 1.89. The van der Waals surface area contributed by atoms with Crippen LogP contribution in [0, 0.1) is 6.92 Å². The minimum atomic E-state index is 0.138. The molecule has 0 spiro atoms. The molecule has 0 atom stereocenters. The van der Waals surface area contributed by atoms with Crippen molar-refractivity contribution in [3.05, 3.63) is 28.8 Å². The van der Waals surface area contributed by atoms with Gasteiger partial charge >= 0.3 is 0 Å². The molecule has 0 saturated carbocycles. The molecule has 1 N–H and O–H groups in total. The SMILES string of the molecule is Cc1cc2c(cc1C(C)C)CCC(=O)N2. The number of anilines is 1. The Kier molecular flexibility index (Phi) is 2.51. The lowest BCUT2D eigenvalue weighted by Crippen LogP contribution is -2.19. The van der Waals surface area contributed by atoms with Gasteiger partial charge in [0.05, 0.1) is 0 Å². The van der Waals surface area contributed by atoms with Crippen molar-refractivity contribution < 1.29 is 4.79 Å². The van der Waals surface area contributed by atoms with Crippen molar-refractivity contribution in [2.24, 2.45) is 0 Å². The van der Waals surface area contributed by atoms with Gasteiger partial charge in [-0.2, -0.15) is 0 Å². The van der Waals surface area contributed by atoms with E-state index in [0.717, 1.165) is 12.1 Å². The van der Waals surface area contributed by atoms with E-state index in [4.69, 9.17) is 0 Å². The summed E-state index contributed by atoms with van der Waals surface area (Å²) in [6.07, 6.45) is 1.49. The monoisotopic (exact) mass is 203 g/mol. The molecule has 2 nitrogen and oxygen atoms in total. The topological polar surface area (TPSA) is 29.1 Å². The van der Waals surface area contributed by atoms with Gasteiger partial charge in [0.2, 0.25) is 5.91 Å². The van der Waals surface area contributed by atoms with Crippen LogP contribution < -0.4 is 5.32 Å². The number of aryl methyl sites for hydroxylation is 2. The predicted molar refractivity (Wildman–Crippen MR) is 62.2 cm³/mol. The maximum absolute atomic E-state index is 11.2. The van der Waals surface area contributed by atoms with Gasteiger partial charge in [-0.15, -0.1) is 0 Å². The van der Waals surface area contributed by atoms with Crippen LogP contribution in [-0.2, 0) is 11.2 Å². The van der Waals surface area contributed by atoms with E-state index >= 15 is 0 Å². The second-order valence-electron chi connectivity index (χ2n) is 4.57. The van der Waals surface area contributed by atoms with Gasteiger partial charge in [-0.25, -0.2) is 0 Å². The molecule has 0 aromatic heterocycles. The molecule has 0 bridgehead atoms. The van der Waals surface area contributed by atoms with Crippen LogP contribution in [0.4, 0.5) is 5.69 Å². The molecule has 80 valence electrons. The number of rotatable bonds is 1. The molecule has 0 aliphatic carbocycles. The van der Waals surface area contributed by atoms with Gasteiger partial charge in [-0.1, -0.05) is 19.9 Å². The largest absolute Gasteiger partial charge is 0.326 e. The summed E-state index contributed by atoms with van der Waals surface area (Å²) in [7, 11) is 0. The molecule has 0 fully saturated rings. The summed E-state index contributed by atoms with van der Waals surface area (Å²) in [5.74, 6) is 0.687. The van der Waals surface area contributed by atoms with Gasteiger partial charge in [-0.05, 0) is 42.0 Å². The molecule has 1 amide bonds. The van der Waals surface area contributed by atoms with Gasteiger partial charge < -0.3 is 5.32 Å². The lowest BCUT2D eigenvalue weighted by Gasteiger charge is -2.20. The van der Waals surface area contributed by atoms with Crippen molar-refractivity contribution in [2.45, 2.75) is 39.5 Å². The van der Waals surface area contributed by atoms with E-state index < -0.39 is 0 Å². The normalized spacial score (nSPS) is 15.1. The predicted octanol–water partition coefficient (Wildman–Crippen LogP) is 3.00. The average molecular weight is 203 g/mol. The van der Waals surface area contributed by atoms with Crippen LogP contribution >= 0.6 is 0 Å². The molecule has 1 aliphatic rings. The second kappa shape index (κ2) is 3.69. The first-order chi connectivity index (χ1) is 7.08. The molecule has 1 aliphatic heterocycles. The fourth-order valence-corrected chi connectivity index (χ4v) is 2.18. The Morgan fingerprint density at radius 1 is 1.27 bits per heavy atom. The maximum Gasteiger partial charge on any atom is 0.224 e. The molecule has 1 aromatic rings. The highest BCUT2D eigenvalue weighted by molar-refractivity contribution is 5.94. The van der Waals surface area contributed by atoms with E-state index in [-0.39, 0.29) is 5.91 Å². The Hall–Kier alpha value is -1.31. The van der Waals surface area contributed by atoms with Gasteiger partial charge in [0.25, 0.3) is 0 Å². The number of hydrogen-bond donors (Lipinski definition) is 1. The van der Waals surface area contributed by atoms with Crippen LogP contribution in [-0.4, -0.2) is 5.91 Å². The fraction of sp³-hybridized carbons (Fsp3) is 0.462. The molecular weight excluding hydrogens is 186 g/mol. The third-order valence-electron chi connectivity index (χ3n) is 3.01. The summed E-state index contributed by atoms with van der Waals surface area (Å²) >= 11 is 0. The van der Waals surface area contributed by atoms with E-state index in [0.29, 0.717) is 12.3 Å². The first kappa shape index (κ1) is 10.2. The summed E-state index contributed by atoms with van der Waals surface area (Å²) in [6, 6.07) is 4.34. The van der Waals surface area contributed by atoms with Crippen LogP contribution in [0.3, 0.4) is 0 Å². The van der Waals surface area contributed by atoms with Crippen molar-refractivity contribution in [3.8, 4) is 0 Å². The number of fused-ring (bicyclic) bond motifs is 1. The lowest BCUT2D eigenvalue weighted by atomic mass is 9.92. The molecular formula is C13H17NO. The van der Waals surface area contributed by atoms with Crippen LogP contribution in [0.1, 0.15) is 42.9 Å². The number of benzene rings is 1. The van der Waals surface area contributed by atoms with Gasteiger partial charge in [0.15, 0.2) is 0 Å². The zero-order valence-electron chi connectivity index (χ0n) is 9.55.